The Morgan fingerprint density at radius 1 is 0.769 bits per heavy atom. The van der Waals surface area contributed by atoms with E-state index in [-0.39, 0.29) is 0 Å². The Balaban J connectivity index is 3.15. The molecule has 2 atom stereocenters. The summed E-state index contributed by atoms with van der Waals surface area (Å²) in [5, 5.41) is 0. The van der Waals surface area contributed by atoms with Crippen LogP contribution < -0.4 is 0 Å². The van der Waals surface area contributed by atoms with Crippen LogP contribution in [-0.2, 0) is 0 Å². The predicted octanol–water partition coefficient (Wildman–Crippen LogP) is 5.03. The summed E-state index contributed by atoms with van der Waals surface area (Å²) in [5.41, 5.74) is 0. The Hall–Kier alpha value is 0. The molecule has 0 nitrogen and oxygen atoms in total. The standard InChI is InChI=1S/C13H28/c1-5-9-13(4)11-8-7-10-12(3)6-2/h12-13H,5-11H2,1-4H3. The van der Waals surface area contributed by atoms with Gasteiger partial charge in [0.05, 0.1) is 0 Å². The molecule has 0 amide bonds. The van der Waals surface area contributed by atoms with Gasteiger partial charge < -0.3 is 0 Å². The summed E-state index contributed by atoms with van der Waals surface area (Å²) in [7, 11) is 0. The van der Waals surface area contributed by atoms with Gasteiger partial charge in [-0.05, 0) is 11.8 Å². The molecule has 80 valence electrons. The molecule has 0 aliphatic heterocycles. The highest BCUT2D eigenvalue weighted by Gasteiger charge is 2.02. The number of hydrogen-bond donors (Lipinski definition) is 0. The quantitative estimate of drug-likeness (QED) is 0.464. The summed E-state index contributed by atoms with van der Waals surface area (Å²) in [5.74, 6) is 1.91. The van der Waals surface area contributed by atoms with Gasteiger partial charge in [0.2, 0.25) is 0 Å². The van der Waals surface area contributed by atoms with Gasteiger partial charge in [-0.15, -0.1) is 0 Å². The molecule has 0 rings (SSSR count). The van der Waals surface area contributed by atoms with Crippen molar-refractivity contribution in [2.75, 3.05) is 0 Å². The Morgan fingerprint density at radius 3 is 1.77 bits per heavy atom. The molecule has 0 aromatic carbocycles. The van der Waals surface area contributed by atoms with Gasteiger partial charge in [0.1, 0.15) is 0 Å². The Kier molecular flexibility index (Phi) is 8.59. The van der Waals surface area contributed by atoms with Gasteiger partial charge in [0.25, 0.3) is 0 Å². The zero-order valence-corrected chi connectivity index (χ0v) is 10.1. The minimum atomic E-state index is 0.946. The van der Waals surface area contributed by atoms with Crippen LogP contribution in [-0.4, -0.2) is 0 Å². The van der Waals surface area contributed by atoms with Gasteiger partial charge in [-0.25, -0.2) is 0 Å². The third kappa shape index (κ3) is 8.33. The van der Waals surface area contributed by atoms with Crippen LogP contribution in [0.4, 0.5) is 0 Å². The minimum absolute atomic E-state index is 0.946. The van der Waals surface area contributed by atoms with Crippen LogP contribution in [0.5, 0.6) is 0 Å². The topological polar surface area (TPSA) is 0 Å². The van der Waals surface area contributed by atoms with Gasteiger partial charge in [-0.1, -0.05) is 72.6 Å². The van der Waals surface area contributed by atoms with E-state index < -0.39 is 0 Å². The second kappa shape index (κ2) is 8.59. The van der Waals surface area contributed by atoms with Crippen molar-refractivity contribution in [1.82, 2.24) is 0 Å². The average molecular weight is 184 g/mol. The first-order valence-corrected chi connectivity index (χ1v) is 6.20. The van der Waals surface area contributed by atoms with Gasteiger partial charge in [-0.2, -0.15) is 0 Å². The Morgan fingerprint density at radius 2 is 1.31 bits per heavy atom. The summed E-state index contributed by atoms with van der Waals surface area (Å²) < 4.78 is 0. The van der Waals surface area contributed by atoms with E-state index in [9.17, 15) is 0 Å². The molecule has 0 heteroatoms. The predicted molar refractivity (Wildman–Crippen MR) is 62.0 cm³/mol. The van der Waals surface area contributed by atoms with E-state index in [0.717, 1.165) is 11.8 Å². The molecule has 0 saturated heterocycles. The van der Waals surface area contributed by atoms with E-state index in [4.69, 9.17) is 0 Å². The maximum absolute atomic E-state index is 2.40. The number of unbranched alkanes of at least 4 members (excludes halogenated alkanes) is 1. The van der Waals surface area contributed by atoms with E-state index in [1.165, 1.54) is 44.9 Å². The zero-order chi connectivity index (χ0) is 10.1. The van der Waals surface area contributed by atoms with E-state index in [0.29, 0.717) is 0 Å². The van der Waals surface area contributed by atoms with Crippen LogP contribution >= 0.6 is 0 Å². The van der Waals surface area contributed by atoms with Crippen molar-refractivity contribution in [3.63, 3.8) is 0 Å². The fourth-order valence-corrected chi connectivity index (χ4v) is 1.83. The highest BCUT2D eigenvalue weighted by atomic mass is 14.1. The monoisotopic (exact) mass is 184 g/mol. The first-order valence-electron chi connectivity index (χ1n) is 6.20. The molecular formula is C13H28. The zero-order valence-electron chi connectivity index (χ0n) is 10.1. The molecule has 0 aromatic heterocycles. The Bertz CT molecular complexity index is 96.2. The minimum Gasteiger partial charge on any atom is -0.0654 e. The molecule has 0 aliphatic rings. The molecule has 0 spiro atoms. The van der Waals surface area contributed by atoms with Crippen molar-refractivity contribution in [1.29, 1.82) is 0 Å². The van der Waals surface area contributed by atoms with Crippen LogP contribution in [0, 0.1) is 11.8 Å². The molecule has 0 radical (unpaired) electrons. The van der Waals surface area contributed by atoms with E-state index in [2.05, 4.69) is 27.7 Å². The summed E-state index contributed by atoms with van der Waals surface area (Å²) in [6.07, 6.45) is 9.91. The lowest BCUT2D eigenvalue weighted by Crippen LogP contribution is -1.96. The summed E-state index contributed by atoms with van der Waals surface area (Å²) in [6.45, 7) is 9.35. The van der Waals surface area contributed by atoms with Crippen LogP contribution in [0.25, 0.3) is 0 Å². The fraction of sp³-hybridized carbons (Fsp3) is 1.00. The van der Waals surface area contributed by atoms with Crippen molar-refractivity contribution in [2.24, 2.45) is 11.8 Å². The number of hydrogen-bond acceptors (Lipinski definition) is 0. The van der Waals surface area contributed by atoms with Crippen LogP contribution in [0.1, 0.15) is 72.6 Å². The van der Waals surface area contributed by atoms with Crippen LogP contribution in [0.2, 0.25) is 0 Å². The Labute approximate surface area is 85.1 Å². The highest BCUT2D eigenvalue weighted by Crippen LogP contribution is 2.17. The summed E-state index contributed by atoms with van der Waals surface area (Å²) in [6, 6.07) is 0. The van der Waals surface area contributed by atoms with E-state index >= 15 is 0 Å². The van der Waals surface area contributed by atoms with Gasteiger partial charge in [-0.3, -0.25) is 0 Å². The third-order valence-corrected chi connectivity index (χ3v) is 3.12. The lowest BCUT2D eigenvalue weighted by molar-refractivity contribution is 0.425. The maximum atomic E-state index is 2.40. The lowest BCUT2D eigenvalue weighted by atomic mass is 9.95. The van der Waals surface area contributed by atoms with Crippen LogP contribution in [0.15, 0.2) is 0 Å². The molecule has 0 heterocycles. The van der Waals surface area contributed by atoms with Crippen molar-refractivity contribution in [3.8, 4) is 0 Å². The molecule has 0 N–H and O–H groups in total. The first-order chi connectivity index (χ1) is 6.20. The smallest absolute Gasteiger partial charge is 0.0443 e. The molecule has 0 saturated carbocycles. The summed E-state index contributed by atoms with van der Waals surface area (Å²) in [4.78, 5) is 0. The number of rotatable bonds is 8. The molecule has 13 heavy (non-hydrogen) atoms. The summed E-state index contributed by atoms with van der Waals surface area (Å²) >= 11 is 0. The van der Waals surface area contributed by atoms with Crippen molar-refractivity contribution >= 4 is 0 Å². The SMILES string of the molecule is CCCC(C)CCCCC(C)CC. The van der Waals surface area contributed by atoms with Crippen molar-refractivity contribution in [2.45, 2.75) is 72.6 Å². The van der Waals surface area contributed by atoms with E-state index in [1.54, 1.807) is 0 Å². The molecule has 0 fully saturated rings. The van der Waals surface area contributed by atoms with Crippen molar-refractivity contribution in [3.05, 3.63) is 0 Å². The first kappa shape index (κ1) is 13.0. The molecular weight excluding hydrogens is 156 g/mol. The highest BCUT2D eigenvalue weighted by molar-refractivity contribution is 4.55. The fourth-order valence-electron chi connectivity index (χ4n) is 1.83. The average Bonchev–Trinajstić information content (AvgIpc) is 2.12. The van der Waals surface area contributed by atoms with E-state index in [1.807, 2.05) is 0 Å². The normalized spacial score (nSPS) is 15.7. The largest absolute Gasteiger partial charge is 0.0654 e. The third-order valence-electron chi connectivity index (χ3n) is 3.12. The molecule has 0 bridgehead atoms. The maximum Gasteiger partial charge on any atom is -0.0443 e. The molecule has 0 aliphatic carbocycles. The van der Waals surface area contributed by atoms with Gasteiger partial charge in [0, 0.05) is 0 Å². The van der Waals surface area contributed by atoms with Crippen LogP contribution in [0.3, 0.4) is 0 Å². The second-order valence-corrected chi connectivity index (χ2v) is 4.69. The molecule has 0 aromatic rings. The van der Waals surface area contributed by atoms with Gasteiger partial charge >= 0.3 is 0 Å². The lowest BCUT2D eigenvalue weighted by Gasteiger charge is -2.11. The molecule has 2 unspecified atom stereocenters. The van der Waals surface area contributed by atoms with Crippen molar-refractivity contribution < 1.29 is 0 Å². The van der Waals surface area contributed by atoms with Gasteiger partial charge in [0.15, 0.2) is 0 Å². The second-order valence-electron chi connectivity index (χ2n) is 4.69.